The van der Waals surface area contributed by atoms with Gasteiger partial charge in [-0.25, -0.2) is 4.98 Å². The van der Waals surface area contributed by atoms with Crippen LogP contribution in [-0.2, 0) is 20.7 Å². The molecule has 2 heterocycles. The zero-order valence-corrected chi connectivity index (χ0v) is 13.3. The molecule has 1 amide bonds. The minimum Gasteiger partial charge on any atom is -0.469 e. The summed E-state index contributed by atoms with van der Waals surface area (Å²) in [6.07, 6.45) is 8.35. The van der Waals surface area contributed by atoms with Crippen molar-refractivity contribution in [3.05, 3.63) is 11.1 Å². The summed E-state index contributed by atoms with van der Waals surface area (Å²) in [5.74, 6) is 2.16. The molecule has 0 spiro atoms. The Morgan fingerprint density at radius 3 is 3.14 bits per heavy atom. The van der Waals surface area contributed by atoms with E-state index in [4.69, 9.17) is 6.42 Å². The third kappa shape index (κ3) is 4.29. The molecule has 1 aliphatic rings. The molecule has 2 rings (SSSR count). The SMILES string of the molecule is C#CCN1CCCC[C@@H]1C(=O)Nc1nc(CC(=O)OC)cs1. The summed E-state index contributed by atoms with van der Waals surface area (Å²) in [5.41, 5.74) is 0.594. The number of piperidine rings is 1. The van der Waals surface area contributed by atoms with Gasteiger partial charge < -0.3 is 10.1 Å². The third-order valence-corrected chi connectivity index (χ3v) is 4.35. The molecule has 0 bridgehead atoms. The molecule has 0 aliphatic carbocycles. The number of terminal acetylenes is 1. The fourth-order valence-corrected chi connectivity index (χ4v) is 3.16. The van der Waals surface area contributed by atoms with E-state index in [0.29, 0.717) is 17.4 Å². The quantitative estimate of drug-likeness (QED) is 0.653. The molecule has 1 aromatic heterocycles. The van der Waals surface area contributed by atoms with Gasteiger partial charge >= 0.3 is 5.97 Å². The first-order valence-electron chi connectivity index (χ1n) is 7.13. The minimum atomic E-state index is -0.351. The van der Waals surface area contributed by atoms with E-state index in [1.807, 2.05) is 4.90 Å². The summed E-state index contributed by atoms with van der Waals surface area (Å²) >= 11 is 1.30. The Kier molecular flexibility index (Phi) is 5.92. The lowest BCUT2D eigenvalue weighted by Gasteiger charge is -2.32. The van der Waals surface area contributed by atoms with Crippen LogP contribution in [0.25, 0.3) is 0 Å². The summed E-state index contributed by atoms with van der Waals surface area (Å²) in [6.45, 7) is 1.32. The van der Waals surface area contributed by atoms with Crippen molar-refractivity contribution in [1.29, 1.82) is 0 Å². The van der Waals surface area contributed by atoms with E-state index < -0.39 is 0 Å². The van der Waals surface area contributed by atoms with E-state index in [9.17, 15) is 9.59 Å². The van der Waals surface area contributed by atoms with Gasteiger partial charge in [-0.15, -0.1) is 17.8 Å². The first kappa shape index (κ1) is 16.5. The number of ether oxygens (including phenoxy) is 1. The number of thiazole rings is 1. The van der Waals surface area contributed by atoms with Gasteiger partial charge in [0.25, 0.3) is 0 Å². The predicted molar refractivity (Wildman–Crippen MR) is 84.5 cm³/mol. The molecular formula is C15H19N3O3S. The van der Waals surface area contributed by atoms with Crippen molar-refractivity contribution in [3.63, 3.8) is 0 Å². The van der Waals surface area contributed by atoms with Crippen molar-refractivity contribution in [3.8, 4) is 12.3 Å². The smallest absolute Gasteiger partial charge is 0.311 e. The zero-order valence-electron chi connectivity index (χ0n) is 12.5. The number of methoxy groups -OCH3 is 1. The van der Waals surface area contributed by atoms with Gasteiger partial charge in [0.05, 0.1) is 31.8 Å². The number of carbonyl (C=O) groups excluding carboxylic acids is 2. The number of amides is 1. The van der Waals surface area contributed by atoms with Gasteiger partial charge in [0.2, 0.25) is 5.91 Å². The first-order chi connectivity index (χ1) is 10.6. The molecule has 1 aliphatic heterocycles. The molecule has 1 aromatic rings. The summed E-state index contributed by atoms with van der Waals surface area (Å²) in [4.78, 5) is 29.8. The molecule has 1 N–H and O–H groups in total. The summed E-state index contributed by atoms with van der Waals surface area (Å²) in [5, 5.41) is 5.06. The van der Waals surface area contributed by atoms with Crippen LogP contribution in [0.3, 0.4) is 0 Å². The van der Waals surface area contributed by atoms with E-state index >= 15 is 0 Å². The Hall–Kier alpha value is -1.91. The van der Waals surface area contributed by atoms with Gasteiger partial charge in [-0.3, -0.25) is 14.5 Å². The summed E-state index contributed by atoms with van der Waals surface area (Å²) < 4.78 is 4.59. The van der Waals surface area contributed by atoms with Crippen LogP contribution in [0.1, 0.15) is 25.0 Å². The average molecular weight is 321 g/mol. The normalized spacial score (nSPS) is 18.5. The maximum atomic E-state index is 12.4. The van der Waals surface area contributed by atoms with Crippen LogP contribution >= 0.6 is 11.3 Å². The Morgan fingerprint density at radius 1 is 1.59 bits per heavy atom. The largest absolute Gasteiger partial charge is 0.469 e. The number of nitrogens with one attached hydrogen (secondary N) is 1. The zero-order chi connectivity index (χ0) is 15.9. The fraction of sp³-hybridized carbons (Fsp3) is 0.533. The number of esters is 1. The number of hydrogen-bond acceptors (Lipinski definition) is 6. The second kappa shape index (κ2) is 7.92. The number of anilines is 1. The molecule has 6 nitrogen and oxygen atoms in total. The van der Waals surface area contributed by atoms with Gasteiger partial charge in [0, 0.05) is 5.38 Å². The maximum Gasteiger partial charge on any atom is 0.311 e. The van der Waals surface area contributed by atoms with Crippen LogP contribution in [-0.4, -0.2) is 48.0 Å². The lowest BCUT2D eigenvalue weighted by atomic mass is 10.0. The molecular weight excluding hydrogens is 302 g/mol. The highest BCUT2D eigenvalue weighted by Crippen LogP contribution is 2.20. The van der Waals surface area contributed by atoms with Crippen LogP contribution in [0.4, 0.5) is 5.13 Å². The van der Waals surface area contributed by atoms with E-state index in [1.165, 1.54) is 18.4 Å². The highest BCUT2D eigenvalue weighted by molar-refractivity contribution is 7.13. The Balaban J connectivity index is 1.96. The van der Waals surface area contributed by atoms with Crippen molar-refractivity contribution in [2.75, 3.05) is 25.5 Å². The number of carbonyl (C=O) groups is 2. The van der Waals surface area contributed by atoms with Gasteiger partial charge in [-0.2, -0.15) is 0 Å². The highest BCUT2D eigenvalue weighted by atomic mass is 32.1. The summed E-state index contributed by atoms with van der Waals surface area (Å²) in [6, 6.07) is -0.210. The molecule has 118 valence electrons. The molecule has 0 saturated carbocycles. The van der Waals surface area contributed by atoms with Crippen LogP contribution < -0.4 is 5.32 Å². The lowest BCUT2D eigenvalue weighted by molar-refractivity contribution is -0.139. The minimum absolute atomic E-state index is 0.0890. The average Bonchev–Trinajstić information content (AvgIpc) is 2.95. The predicted octanol–water partition coefficient (Wildman–Crippen LogP) is 1.28. The molecule has 0 unspecified atom stereocenters. The number of hydrogen-bond donors (Lipinski definition) is 1. The Bertz CT molecular complexity index is 579. The van der Waals surface area contributed by atoms with Crippen molar-refractivity contribution in [2.24, 2.45) is 0 Å². The maximum absolute atomic E-state index is 12.4. The number of likely N-dealkylation sites (tertiary alicyclic amines) is 1. The van der Waals surface area contributed by atoms with Crippen molar-refractivity contribution in [2.45, 2.75) is 31.7 Å². The molecule has 7 heteroatoms. The Morgan fingerprint density at radius 2 is 2.41 bits per heavy atom. The van der Waals surface area contributed by atoms with E-state index in [-0.39, 0.29) is 24.3 Å². The Labute approximate surface area is 133 Å². The third-order valence-electron chi connectivity index (χ3n) is 3.55. The topological polar surface area (TPSA) is 71.5 Å². The first-order valence-corrected chi connectivity index (χ1v) is 8.01. The second-order valence-corrected chi connectivity index (χ2v) is 5.93. The van der Waals surface area contributed by atoms with Crippen molar-refractivity contribution < 1.29 is 14.3 Å². The number of aromatic nitrogens is 1. The van der Waals surface area contributed by atoms with Gasteiger partial charge in [0.1, 0.15) is 0 Å². The molecule has 22 heavy (non-hydrogen) atoms. The van der Waals surface area contributed by atoms with E-state index in [1.54, 1.807) is 5.38 Å². The van der Waals surface area contributed by atoms with Crippen LogP contribution in [0, 0.1) is 12.3 Å². The molecule has 0 aromatic carbocycles. The van der Waals surface area contributed by atoms with Crippen LogP contribution in [0.2, 0.25) is 0 Å². The number of rotatable bonds is 5. The fourth-order valence-electron chi connectivity index (χ4n) is 2.45. The van der Waals surface area contributed by atoms with Gasteiger partial charge in [-0.05, 0) is 19.4 Å². The molecule has 1 fully saturated rings. The lowest BCUT2D eigenvalue weighted by Crippen LogP contribution is -2.47. The van der Waals surface area contributed by atoms with Crippen LogP contribution in [0.5, 0.6) is 0 Å². The molecule has 1 atom stereocenters. The van der Waals surface area contributed by atoms with E-state index in [2.05, 4.69) is 21.0 Å². The second-order valence-electron chi connectivity index (χ2n) is 5.07. The molecule has 0 radical (unpaired) electrons. The van der Waals surface area contributed by atoms with Crippen molar-refractivity contribution >= 4 is 28.3 Å². The number of nitrogens with zero attached hydrogens (tertiary/aromatic N) is 2. The van der Waals surface area contributed by atoms with Gasteiger partial charge in [0.15, 0.2) is 5.13 Å². The molecule has 1 saturated heterocycles. The van der Waals surface area contributed by atoms with Crippen LogP contribution in [0.15, 0.2) is 5.38 Å². The van der Waals surface area contributed by atoms with Gasteiger partial charge in [-0.1, -0.05) is 12.3 Å². The standard InChI is InChI=1S/C15H19N3O3S/c1-3-7-18-8-5-4-6-12(18)14(20)17-15-16-11(10-22-15)9-13(19)21-2/h1,10,12H,4-9H2,2H3,(H,16,17,20)/t12-/m1/s1. The summed E-state index contributed by atoms with van der Waals surface area (Å²) in [7, 11) is 1.33. The van der Waals surface area contributed by atoms with E-state index in [0.717, 1.165) is 25.8 Å². The highest BCUT2D eigenvalue weighted by Gasteiger charge is 2.28. The van der Waals surface area contributed by atoms with Crippen molar-refractivity contribution in [1.82, 2.24) is 9.88 Å². The monoisotopic (exact) mass is 321 g/mol.